The van der Waals surface area contributed by atoms with Gasteiger partial charge in [0.25, 0.3) is 0 Å². The van der Waals surface area contributed by atoms with E-state index in [1.54, 1.807) is 12.1 Å². The van der Waals surface area contributed by atoms with Gasteiger partial charge in [-0.05, 0) is 24.3 Å². The van der Waals surface area contributed by atoms with Gasteiger partial charge in [-0.15, -0.1) is 0 Å². The molecule has 0 radical (unpaired) electrons. The SMILES string of the molecule is O=C(c1ccc(C(F)(F)F)cc1)c1cccnc1. The van der Waals surface area contributed by atoms with Crippen LogP contribution in [0.2, 0.25) is 0 Å². The predicted octanol–water partition coefficient (Wildman–Crippen LogP) is 3.33. The Hall–Kier alpha value is -2.17. The fourth-order valence-electron chi connectivity index (χ4n) is 1.47. The second-order valence-corrected chi connectivity index (χ2v) is 3.65. The first-order chi connectivity index (χ1) is 8.48. The smallest absolute Gasteiger partial charge is 0.289 e. The normalized spacial score (nSPS) is 11.3. The lowest BCUT2D eigenvalue weighted by molar-refractivity contribution is -0.137. The Morgan fingerprint density at radius 3 is 2.17 bits per heavy atom. The first kappa shape index (κ1) is 12.3. The first-order valence-electron chi connectivity index (χ1n) is 5.10. The summed E-state index contributed by atoms with van der Waals surface area (Å²) in [6, 6.07) is 7.27. The summed E-state index contributed by atoms with van der Waals surface area (Å²) < 4.78 is 37.0. The van der Waals surface area contributed by atoms with Gasteiger partial charge in [0.2, 0.25) is 0 Å². The summed E-state index contributed by atoms with van der Waals surface area (Å²) in [7, 11) is 0. The van der Waals surface area contributed by atoms with Gasteiger partial charge in [-0.1, -0.05) is 12.1 Å². The summed E-state index contributed by atoms with van der Waals surface area (Å²) >= 11 is 0. The lowest BCUT2D eigenvalue weighted by Gasteiger charge is -2.07. The van der Waals surface area contributed by atoms with Crippen molar-refractivity contribution in [3.05, 3.63) is 65.5 Å². The van der Waals surface area contributed by atoms with Gasteiger partial charge in [0.15, 0.2) is 5.78 Å². The number of pyridine rings is 1. The summed E-state index contributed by atoms with van der Waals surface area (Å²) in [4.78, 5) is 15.7. The fraction of sp³-hybridized carbons (Fsp3) is 0.0769. The number of hydrogen-bond acceptors (Lipinski definition) is 2. The third-order valence-corrected chi connectivity index (χ3v) is 2.40. The van der Waals surface area contributed by atoms with Crippen LogP contribution >= 0.6 is 0 Å². The van der Waals surface area contributed by atoms with E-state index < -0.39 is 11.7 Å². The molecule has 0 aliphatic rings. The number of hydrogen-bond donors (Lipinski definition) is 0. The Bertz CT molecular complexity index is 547. The Morgan fingerprint density at radius 2 is 1.67 bits per heavy atom. The van der Waals surface area contributed by atoms with Crippen LogP contribution in [0.1, 0.15) is 21.5 Å². The van der Waals surface area contributed by atoms with Gasteiger partial charge in [-0.2, -0.15) is 13.2 Å². The highest BCUT2D eigenvalue weighted by Crippen LogP contribution is 2.29. The third-order valence-electron chi connectivity index (χ3n) is 2.40. The Labute approximate surface area is 101 Å². The van der Waals surface area contributed by atoms with Crippen LogP contribution < -0.4 is 0 Å². The Morgan fingerprint density at radius 1 is 1.00 bits per heavy atom. The second kappa shape index (κ2) is 4.60. The van der Waals surface area contributed by atoms with Crippen molar-refractivity contribution in [2.24, 2.45) is 0 Å². The minimum absolute atomic E-state index is 0.205. The number of carbonyl (C=O) groups is 1. The zero-order chi connectivity index (χ0) is 13.2. The monoisotopic (exact) mass is 251 g/mol. The number of alkyl halides is 3. The van der Waals surface area contributed by atoms with E-state index in [1.165, 1.54) is 12.4 Å². The van der Waals surface area contributed by atoms with Gasteiger partial charge < -0.3 is 0 Å². The van der Waals surface area contributed by atoms with E-state index in [0.717, 1.165) is 24.3 Å². The highest BCUT2D eigenvalue weighted by Gasteiger charge is 2.30. The van der Waals surface area contributed by atoms with E-state index in [-0.39, 0.29) is 11.3 Å². The molecule has 2 aromatic rings. The Balaban J connectivity index is 2.28. The lowest BCUT2D eigenvalue weighted by atomic mass is 10.0. The highest BCUT2D eigenvalue weighted by molar-refractivity contribution is 6.08. The van der Waals surface area contributed by atoms with Gasteiger partial charge in [0, 0.05) is 23.5 Å². The minimum atomic E-state index is -4.39. The molecule has 0 saturated carbocycles. The quantitative estimate of drug-likeness (QED) is 0.766. The molecule has 18 heavy (non-hydrogen) atoms. The van der Waals surface area contributed by atoms with Gasteiger partial charge >= 0.3 is 6.18 Å². The fourth-order valence-corrected chi connectivity index (χ4v) is 1.47. The van der Waals surface area contributed by atoms with Gasteiger partial charge in [0.05, 0.1) is 5.56 Å². The van der Waals surface area contributed by atoms with E-state index in [1.807, 2.05) is 0 Å². The van der Waals surface area contributed by atoms with Crippen LogP contribution in [0.5, 0.6) is 0 Å². The average Bonchev–Trinajstić information content (AvgIpc) is 2.38. The number of aromatic nitrogens is 1. The Kier molecular flexibility index (Phi) is 3.14. The maximum Gasteiger partial charge on any atom is 0.416 e. The average molecular weight is 251 g/mol. The number of halogens is 3. The molecule has 0 unspecified atom stereocenters. The predicted molar refractivity (Wildman–Crippen MR) is 59.1 cm³/mol. The van der Waals surface area contributed by atoms with Crippen LogP contribution in [0.3, 0.4) is 0 Å². The molecule has 0 spiro atoms. The molecule has 2 nitrogen and oxygen atoms in total. The molecule has 92 valence electrons. The molecule has 2 rings (SSSR count). The minimum Gasteiger partial charge on any atom is -0.289 e. The largest absolute Gasteiger partial charge is 0.416 e. The summed E-state index contributed by atoms with van der Waals surface area (Å²) in [5, 5.41) is 0. The molecule has 0 bridgehead atoms. The molecule has 0 saturated heterocycles. The molecule has 0 aliphatic heterocycles. The highest BCUT2D eigenvalue weighted by atomic mass is 19.4. The molecule has 0 atom stereocenters. The van der Waals surface area contributed by atoms with Crippen molar-refractivity contribution in [3.63, 3.8) is 0 Å². The van der Waals surface area contributed by atoms with Crippen LogP contribution in [-0.2, 0) is 6.18 Å². The first-order valence-corrected chi connectivity index (χ1v) is 5.10. The van der Waals surface area contributed by atoms with E-state index in [2.05, 4.69) is 4.98 Å². The zero-order valence-corrected chi connectivity index (χ0v) is 9.11. The van der Waals surface area contributed by atoms with Crippen LogP contribution in [0, 0.1) is 0 Å². The van der Waals surface area contributed by atoms with Crippen LogP contribution in [0.4, 0.5) is 13.2 Å². The van der Waals surface area contributed by atoms with E-state index in [4.69, 9.17) is 0 Å². The standard InChI is InChI=1S/C13H8F3NO/c14-13(15,16)11-5-3-9(4-6-11)12(18)10-2-1-7-17-8-10/h1-8H. The van der Waals surface area contributed by atoms with E-state index in [9.17, 15) is 18.0 Å². The maximum atomic E-state index is 12.3. The van der Waals surface area contributed by atoms with Crippen molar-refractivity contribution in [1.29, 1.82) is 0 Å². The molecule has 0 aliphatic carbocycles. The molecule has 5 heteroatoms. The summed E-state index contributed by atoms with van der Waals surface area (Å²) in [5.74, 6) is -0.350. The molecule has 0 N–H and O–H groups in total. The molecule has 1 aromatic heterocycles. The summed E-state index contributed by atoms with van der Waals surface area (Å²) in [6.07, 6.45) is -1.50. The summed E-state index contributed by atoms with van der Waals surface area (Å²) in [6.45, 7) is 0. The molecular weight excluding hydrogens is 243 g/mol. The van der Waals surface area contributed by atoms with E-state index >= 15 is 0 Å². The molecule has 0 fully saturated rings. The number of carbonyl (C=O) groups excluding carboxylic acids is 1. The van der Waals surface area contributed by atoms with Gasteiger partial charge in [-0.25, -0.2) is 0 Å². The number of ketones is 1. The van der Waals surface area contributed by atoms with Crippen LogP contribution in [-0.4, -0.2) is 10.8 Å². The number of rotatable bonds is 2. The van der Waals surface area contributed by atoms with Gasteiger partial charge in [-0.3, -0.25) is 9.78 Å². The number of benzene rings is 1. The molecule has 1 heterocycles. The maximum absolute atomic E-state index is 12.3. The molecular formula is C13H8F3NO. The second-order valence-electron chi connectivity index (χ2n) is 3.65. The topological polar surface area (TPSA) is 30.0 Å². The van der Waals surface area contributed by atoms with Crippen molar-refractivity contribution in [3.8, 4) is 0 Å². The third kappa shape index (κ3) is 2.56. The van der Waals surface area contributed by atoms with Crippen molar-refractivity contribution in [2.75, 3.05) is 0 Å². The van der Waals surface area contributed by atoms with Crippen molar-refractivity contribution in [1.82, 2.24) is 4.98 Å². The van der Waals surface area contributed by atoms with Crippen molar-refractivity contribution >= 4 is 5.78 Å². The zero-order valence-electron chi connectivity index (χ0n) is 9.11. The number of nitrogens with zero attached hydrogens (tertiary/aromatic N) is 1. The van der Waals surface area contributed by atoms with Crippen molar-refractivity contribution < 1.29 is 18.0 Å². The van der Waals surface area contributed by atoms with E-state index in [0.29, 0.717) is 5.56 Å². The molecule has 1 aromatic carbocycles. The van der Waals surface area contributed by atoms with Crippen LogP contribution in [0.15, 0.2) is 48.8 Å². The van der Waals surface area contributed by atoms with Gasteiger partial charge in [0.1, 0.15) is 0 Å². The van der Waals surface area contributed by atoms with Crippen LogP contribution in [0.25, 0.3) is 0 Å². The molecule has 0 amide bonds. The summed E-state index contributed by atoms with van der Waals surface area (Å²) in [5.41, 5.74) is -0.224. The van der Waals surface area contributed by atoms with Crippen molar-refractivity contribution in [2.45, 2.75) is 6.18 Å². The lowest BCUT2D eigenvalue weighted by Crippen LogP contribution is -2.06.